The summed E-state index contributed by atoms with van der Waals surface area (Å²) in [6.45, 7) is 10.3. The van der Waals surface area contributed by atoms with Crippen LogP contribution in [0.5, 0.6) is 0 Å². The second-order valence-electron chi connectivity index (χ2n) is 6.82. The third-order valence-corrected chi connectivity index (χ3v) is 4.58. The molecule has 0 bridgehead atoms. The van der Waals surface area contributed by atoms with Crippen molar-refractivity contribution in [1.29, 1.82) is 0 Å². The minimum Gasteiger partial charge on any atom is -0.372 e. The molecular weight excluding hydrogens is 340 g/mol. The molecule has 0 aliphatic carbocycles. The Kier molecular flexibility index (Phi) is 8.62. The second-order valence-corrected chi connectivity index (χ2v) is 6.82. The number of morpholine rings is 1. The molecule has 1 fully saturated rings. The van der Waals surface area contributed by atoms with E-state index in [1.165, 1.54) is 0 Å². The molecule has 1 saturated heterocycles. The summed E-state index contributed by atoms with van der Waals surface area (Å²) >= 11 is 0. The maximum atomic E-state index is 12.0. The van der Waals surface area contributed by atoms with Crippen LogP contribution in [0.3, 0.4) is 0 Å². The number of aromatic nitrogens is 1. The molecule has 7 heteroatoms. The quantitative estimate of drug-likeness (QED) is 0.801. The number of pyridine rings is 1. The number of carbonyl (C=O) groups is 1. The molecule has 142 valence electrons. The van der Waals surface area contributed by atoms with Crippen LogP contribution in [0, 0.1) is 5.92 Å². The van der Waals surface area contributed by atoms with Gasteiger partial charge in [0, 0.05) is 25.8 Å². The van der Waals surface area contributed by atoms with Crippen LogP contribution in [0.4, 0.5) is 5.82 Å². The first kappa shape index (κ1) is 21.7. The van der Waals surface area contributed by atoms with Gasteiger partial charge in [0.25, 0.3) is 0 Å². The van der Waals surface area contributed by atoms with Crippen molar-refractivity contribution in [3.63, 3.8) is 0 Å². The number of nitrogens with one attached hydrogen (secondary N) is 1. The molecule has 1 aliphatic heterocycles. The number of carbonyl (C=O) groups excluding carboxylic acids is 1. The third kappa shape index (κ3) is 6.13. The van der Waals surface area contributed by atoms with Gasteiger partial charge in [-0.2, -0.15) is 0 Å². The van der Waals surface area contributed by atoms with Crippen LogP contribution in [-0.2, 0) is 16.1 Å². The zero-order valence-electron chi connectivity index (χ0n) is 15.6. The molecule has 0 radical (unpaired) electrons. The largest absolute Gasteiger partial charge is 0.372 e. The first-order chi connectivity index (χ1) is 11.4. The molecule has 4 atom stereocenters. The first-order valence-corrected chi connectivity index (χ1v) is 8.79. The fourth-order valence-electron chi connectivity index (χ4n) is 2.89. The lowest BCUT2D eigenvalue weighted by Crippen LogP contribution is -2.45. The van der Waals surface area contributed by atoms with Crippen LogP contribution in [0.15, 0.2) is 18.3 Å². The van der Waals surface area contributed by atoms with Gasteiger partial charge in [0.05, 0.1) is 18.2 Å². The first-order valence-electron chi connectivity index (χ1n) is 8.79. The highest BCUT2D eigenvalue weighted by Crippen LogP contribution is 2.18. The normalized spacial score (nSPS) is 22.7. The molecular formula is C18H31ClN4O2. The number of hydrogen-bond donors (Lipinski definition) is 2. The van der Waals surface area contributed by atoms with Gasteiger partial charge in [0.1, 0.15) is 5.82 Å². The van der Waals surface area contributed by atoms with Gasteiger partial charge in [0.2, 0.25) is 5.91 Å². The van der Waals surface area contributed by atoms with Gasteiger partial charge in [-0.25, -0.2) is 4.98 Å². The molecule has 25 heavy (non-hydrogen) atoms. The highest BCUT2D eigenvalue weighted by atomic mass is 35.5. The van der Waals surface area contributed by atoms with E-state index in [4.69, 9.17) is 10.5 Å². The molecule has 2 rings (SSSR count). The van der Waals surface area contributed by atoms with E-state index < -0.39 is 6.04 Å². The smallest absolute Gasteiger partial charge is 0.237 e. The van der Waals surface area contributed by atoms with Crippen molar-refractivity contribution in [3.05, 3.63) is 23.9 Å². The lowest BCUT2D eigenvalue weighted by molar-refractivity contribution is -0.123. The Labute approximate surface area is 156 Å². The Morgan fingerprint density at radius 3 is 2.56 bits per heavy atom. The van der Waals surface area contributed by atoms with E-state index in [0.717, 1.165) is 30.9 Å². The molecule has 0 spiro atoms. The van der Waals surface area contributed by atoms with E-state index in [-0.39, 0.29) is 36.4 Å². The average molecular weight is 371 g/mol. The summed E-state index contributed by atoms with van der Waals surface area (Å²) in [6, 6.07) is 3.54. The minimum absolute atomic E-state index is 0. The van der Waals surface area contributed by atoms with Gasteiger partial charge < -0.3 is 20.7 Å². The van der Waals surface area contributed by atoms with Gasteiger partial charge in [-0.1, -0.05) is 26.3 Å². The Hall–Kier alpha value is -1.37. The van der Waals surface area contributed by atoms with E-state index in [2.05, 4.69) is 29.0 Å². The molecule has 1 aromatic heterocycles. The van der Waals surface area contributed by atoms with Crippen LogP contribution >= 0.6 is 12.4 Å². The summed E-state index contributed by atoms with van der Waals surface area (Å²) in [7, 11) is 0. The SMILES string of the molecule is CCC(C)C(N)C(=O)NCc1ccc(N2CC(C)OC(C)C2)nc1.Cl. The molecule has 6 nitrogen and oxygen atoms in total. The van der Waals surface area contributed by atoms with Gasteiger partial charge in [-0.3, -0.25) is 4.79 Å². The van der Waals surface area contributed by atoms with Gasteiger partial charge >= 0.3 is 0 Å². The topological polar surface area (TPSA) is 80.5 Å². The number of rotatable bonds is 6. The second kappa shape index (κ2) is 9.94. The van der Waals surface area contributed by atoms with Crippen molar-refractivity contribution in [1.82, 2.24) is 10.3 Å². The number of nitrogens with zero attached hydrogens (tertiary/aromatic N) is 2. The van der Waals surface area contributed by atoms with Crippen LogP contribution in [0.1, 0.15) is 39.7 Å². The molecule has 1 aliphatic rings. The van der Waals surface area contributed by atoms with Gasteiger partial charge in [0.15, 0.2) is 0 Å². The van der Waals surface area contributed by atoms with Crippen LogP contribution < -0.4 is 16.0 Å². The van der Waals surface area contributed by atoms with Crippen molar-refractivity contribution in [2.75, 3.05) is 18.0 Å². The summed E-state index contributed by atoms with van der Waals surface area (Å²) in [6.07, 6.45) is 3.12. The predicted octanol–water partition coefficient (Wildman–Crippen LogP) is 2.11. The van der Waals surface area contributed by atoms with Crippen LogP contribution in [0.2, 0.25) is 0 Å². The van der Waals surface area contributed by atoms with E-state index >= 15 is 0 Å². The van der Waals surface area contributed by atoms with Crippen molar-refractivity contribution < 1.29 is 9.53 Å². The molecule has 0 saturated carbocycles. The summed E-state index contributed by atoms with van der Waals surface area (Å²) in [5, 5.41) is 2.89. The standard InChI is InChI=1S/C18H30N4O2.ClH/c1-5-12(2)17(19)18(23)21-9-15-6-7-16(20-8-15)22-10-13(3)24-14(4)11-22;/h6-8,12-14,17H,5,9-11,19H2,1-4H3,(H,21,23);1H. The molecule has 1 amide bonds. The van der Waals surface area contributed by atoms with Gasteiger partial charge in [-0.15, -0.1) is 12.4 Å². The minimum atomic E-state index is -0.460. The van der Waals surface area contributed by atoms with Crippen molar-refractivity contribution >= 4 is 24.1 Å². The summed E-state index contributed by atoms with van der Waals surface area (Å²) in [5.74, 6) is 1.02. The molecule has 3 N–H and O–H groups in total. The lowest BCUT2D eigenvalue weighted by atomic mass is 9.99. The third-order valence-electron chi connectivity index (χ3n) is 4.58. The van der Waals surface area contributed by atoms with E-state index in [1.807, 2.05) is 32.2 Å². The maximum Gasteiger partial charge on any atom is 0.237 e. The van der Waals surface area contributed by atoms with Crippen molar-refractivity contribution in [3.8, 4) is 0 Å². The van der Waals surface area contributed by atoms with Crippen LogP contribution in [0.25, 0.3) is 0 Å². The Morgan fingerprint density at radius 1 is 1.40 bits per heavy atom. The van der Waals surface area contributed by atoms with Crippen LogP contribution in [-0.4, -0.2) is 42.2 Å². The average Bonchev–Trinajstić information content (AvgIpc) is 2.57. The monoisotopic (exact) mass is 370 g/mol. The van der Waals surface area contributed by atoms with E-state index in [0.29, 0.717) is 6.54 Å². The highest BCUT2D eigenvalue weighted by molar-refractivity contribution is 5.85. The number of ether oxygens (including phenoxy) is 1. The predicted molar refractivity (Wildman–Crippen MR) is 103 cm³/mol. The fourth-order valence-corrected chi connectivity index (χ4v) is 2.89. The molecule has 0 aromatic carbocycles. The summed E-state index contributed by atoms with van der Waals surface area (Å²) in [5.41, 5.74) is 6.91. The molecule has 2 heterocycles. The maximum absolute atomic E-state index is 12.0. The summed E-state index contributed by atoms with van der Waals surface area (Å²) in [4.78, 5) is 18.8. The highest BCUT2D eigenvalue weighted by Gasteiger charge is 2.23. The number of amides is 1. The molecule has 4 unspecified atom stereocenters. The number of hydrogen-bond acceptors (Lipinski definition) is 5. The summed E-state index contributed by atoms with van der Waals surface area (Å²) < 4.78 is 5.75. The van der Waals surface area contributed by atoms with Crippen molar-refractivity contribution in [2.24, 2.45) is 11.7 Å². The zero-order chi connectivity index (χ0) is 17.7. The Bertz CT molecular complexity index is 530. The van der Waals surface area contributed by atoms with E-state index in [9.17, 15) is 4.79 Å². The Morgan fingerprint density at radius 2 is 2.04 bits per heavy atom. The number of nitrogens with two attached hydrogens (primary N) is 1. The lowest BCUT2D eigenvalue weighted by Gasteiger charge is -2.36. The molecule has 1 aromatic rings. The number of halogens is 1. The van der Waals surface area contributed by atoms with E-state index in [1.54, 1.807) is 0 Å². The fraction of sp³-hybridized carbons (Fsp3) is 0.667. The number of anilines is 1. The van der Waals surface area contributed by atoms with Gasteiger partial charge in [-0.05, 0) is 31.4 Å². The Balaban J connectivity index is 0.00000312. The van der Waals surface area contributed by atoms with Crippen molar-refractivity contribution in [2.45, 2.75) is 58.9 Å². The zero-order valence-corrected chi connectivity index (χ0v) is 16.4.